The van der Waals surface area contributed by atoms with E-state index in [1.165, 1.54) is 12.3 Å². The van der Waals surface area contributed by atoms with Crippen molar-refractivity contribution in [3.63, 3.8) is 0 Å². The fourth-order valence-corrected chi connectivity index (χ4v) is 1.47. The number of aromatic nitrogens is 1. The van der Waals surface area contributed by atoms with E-state index in [9.17, 15) is 9.18 Å². The highest BCUT2D eigenvalue weighted by molar-refractivity contribution is 5.75. The Balaban J connectivity index is 2.16. The van der Waals surface area contributed by atoms with Crippen LogP contribution < -0.4 is 0 Å². The molecule has 0 radical (unpaired) electrons. The zero-order chi connectivity index (χ0) is 9.42. The smallest absolute Gasteiger partial charge is 0.307 e. The summed E-state index contributed by atoms with van der Waals surface area (Å²) in [4.78, 5) is 14.2. The third-order valence-electron chi connectivity index (χ3n) is 2.26. The number of halogens is 1. The molecule has 0 aliphatic heterocycles. The molecule has 1 N–H and O–H groups in total. The molecule has 0 unspecified atom stereocenters. The zero-order valence-electron chi connectivity index (χ0n) is 6.77. The molecule has 2 atom stereocenters. The Labute approximate surface area is 74.2 Å². The van der Waals surface area contributed by atoms with Crippen LogP contribution in [0.1, 0.15) is 17.9 Å². The van der Waals surface area contributed by atoms with Gasteiger partial charge in [-0.25, -0.2) is 4.39 Å². The lowest BCUT2D eigenvalue weighted by atomic mass is 10.1. The van der Waals surface area contributed by atoms with Crippen molar-refractivity contribution in [2.45, 2.75) is 12.3 Å². The molecule has 4 heteroatoms. The number of carbonyl (C=O) groups is 1. The summed E-state index contributed by atoms with van der Waals surface area (Å²) in [6, 6.07) is 1.35. The predicted octanol–water partition coefficient (Wildman–Crippen LogP) is 1.41. The molecule has 1 saturated carbocycles. The van der Waals surface area contributed by atoms with Gasteiger partial charge in [-0.2, -0.15) is 0 Å². The standard InChI is InChI=1S/C9H8FNO2/c10-6-1-5(3-11-4-6)7-2-8(7)9(12)13/h1,3-4,7-8H,2H2,(H,12,13)/t7-,8+/m1/s1. The van der Waals surface area contributed by atoms with Crippen molar-refractivity contribution in [3.8, 4) is 0 Å². The molecule has 1 aromatic rings. The van der Waals surface area contributed by atoms with Crippen LogP contribution in [0.15, 0.2) is 18.5 Å². The highest BCUT2D eigenvalue weighted by Gasteiger charge is 2.44. The van der Waals surface area contributed by atoms with E-state index in [-0.39, 0.29) is 11.8 Å². The monoisotopic (exact) mass is 181 g/mol. The van der Waals surface area contributed by atoms with Crippen molar-refractivity contribution >= 4 is 5.97 Å². The maximum atomic E-state index is 12.7. The van der Waals surface area contributed by atoms with Gasteiger partial charge in [0.05, 0.1) is 12.1 Å². The van der Waals surface area contributed by atoms with Crippen molar-refractivity contribution in [3.05, 3.63) is 29.8 Å². The maximum absolute atomic E-state index is 12.7. The summed E-state index contributed by atoms with van der Waals surface area (Å²) in [5.41, 5.74) is 0.687. The molecule has 3 nitrogen and oxygen atoms in total. The maximum Gasteiger partial charge on any atom is 0.307 e. The van der Waals surface area contributed by atoms with Crippen molar-refractivity contribution in [2.24, 2.45) is 5.92 Å². The average Bonchev–Trinajstić information content (AvgIpc) is 2.82. The van der Waals surface area contributed by atoms with Crippen LogP contribution in [0.2, 0.25) is 0 Å². The van der Waals surface area contributed by atoms with Gasteiger partial charge in [0.25, 0.3) is 0 Å². The van der Waals surface area contributed by atoms with E-state index in [4.69, 9.17) is 5.11 Å². The van der Waals surface area contributed by atoms with Gasteiger partial charge in [0, 0.05) is 6.20 Å². The lowest BCUT2D eigenvalue weighted by Gasteiger charge is -1.96. The van der Waals surface area contributed by atoms with E-state index in [1.807, 2.05) is 0 Å². The molecule has 1 aliphatic rings. The first-order chi connectivity index (χ1) is 6.18. The average molecular weight is 181 g/mol. The third kappa shape index (κ3) is 1.52. The number of nitrogens with zero attached hydrogens (tertiary/aromatic N) is 1. The summed E-state index contributed by atoms with van der Waals surface area (Å²) >= 11 is 0. The summed E-state index contributed by atoms with van der Waals surface area (Å²) in [5, 5.41) is 8.64. The second kappa shape index (κ2) is 2.80. The van der Waals surface area contributed by atoms with Crippen LogP contribution in [0.5, 0.6) is 0 Å². The van der Waals surface area contributed by atoms with Gasteiger partial charge in [0.1, 0.15) is 5.82 Å². The van der Waals surface area contributed by atoms with Crippen molar-refractivity contribution in [2.75, 3.05) is 0 Å². The molecule has 1 aliphatic carbocycles. The first-order valence-electron chi connectivity index (χ1n) is 4.01. The molecule has 0 bridgehead atoms. The molecule has 2 rings (SSSR count). The van der Waals surface area contributed by atoms with Crippen LogP contribution in [0, 0.1) is 11.7 Å². The van der Waals surface area contributed by atoms with Gasteiger partial charge >= 0.3 is 5.97 Å². The van der Waals surface area contributed by atoms with Gasteiger partial charge in [-0.15, -0.1) is 0 Å². The van der Waals surface area contributed by atoms with Crippen LogP contribution >= 0.6 is 0 Å². The summed E-state index contributed by atoms with van der Waals surface area (Å²) in [6.45, 7) is 0. The van der Waals surface area contributed by atoms with Crippen molar-refractivity contribution in [1.29, 1.82) is 0 Å². The Morgan fingerprint density at radius 2 is 2.38 bits per heavy atom. The fourth-order valence-electron chi connectivity index (χ4n) is 1.47. The van der Waals surface area contributed by atoms with E-state index in [1.54, 1.807) is 0 Å². The number of pyridine rings is 1. The molecule has 13 heavy (non-hydrogen) atoms. The first kappa shape index (κ1) is 8.16. The lowest BCUT2D eigenvalue weighted by Crippen LogP contribution is -1.99. The van der Waals surface area contributed by atoms with E-state index in [0.717, 1.165) is 6.20 Å². The van der Waals surface area contributed by atoms with Crippen molar-refractivity contribution in [1.82, 2.24) is 4.98 Å². The number of rotatable bonds is 2. The number of hydrogen-bond acceptors (Lipinski definition) is 2. The summed E-state index contributed by atoms with van der Waals surface area (Å²) in [6.07, 6.45) is 3.23. The van der Waals surface area contributed by atoms with Gasteiger partial charge in [-0.1, -0.05) is 0 Å². The molecule has 1 fully saturated rings. The van der Waals surface area contributed by atoms with E-state index < -0.39 is 11.8 Å². The number of aliphatic carboxylic acids is 1. The zero-order valence-corrected chi connectivity index (χ0v) is 6.77. The van der Waals surface area contributed by atoms with Crippen LogP contribution in [0.3, 0.4) is 0 Å². The molecule has 0 spiro atoms. The highest BCUT2D eigenvalue weighted by Crippen LogP contribution is 2.47. The topological polar surface area (TPSA) is 50.2 Å². The normalized spacial score (nSPS) is 25.6. The third-order valence-corrected chi connectivity index (χ3v) is 2.26. The minimum absolute atomic E-state index is 0.0410. The minimum atomic E-state index is -0.811. The molecule has 0 aromatic carbocycles. The SMILES string of the molecule is O=C(O)[C@H]1C[C@@H]1c1cncc(F)c1. The Hall–Kier alpha value is -1.45. The second-order valence-corrected chi connectivity index (χ2v) is 3.22. The van der Waals surface area contributed by atoms with Gasteiger partial charge in [0.15, 0.2) is 0 Å². The predicted molar refractivity (Wildman–Crippen MR) is 42.7 cm³/mol. The Morgan fingerprint density at radius 3 is 2.92 bits per heavy atom. The Bertz CT molecular complexity index is 353. The van der Waals surface area contributed by atoms with Gasteiger partial charge in [-0.05, 0) is 24.0 Å². The number of carboxylic acids is 1. The van der Waals surface area contributed by atoms with Gasteiger partial charge in [-0.3, -0.25) is 9.78 Å². The van der Waals surface area contributed by atoms with Gasteiger partial charge in [0.2, 0.25) is 0 Å². The first-order valence-corrected chi connectivity index (χ1v) is 4.01. The minimum Gasteiger partial charge on any atom is -0.481 e. The summed E-state index contributed by atoms with van der Waals surface area (Å²) in [7, 11) is 0. The Kier molecular flexibility index (Phi) is 1.76. The molecule has 0 amide bonds. The quantitative estimate of drug-likeness (QED) is 0.750. The number of hydrogen-bond donors (Lipinski definition) is 1. The van der Waals surface area contributed by atoms with Crippen LogP contribution in [0.25, 0.3) is 0 Å². The number of carboxylic acid groups (broad SMARTS) is 1. The molecule has 0 saturated heterocycles. The highest BCUT2D eigenvalue weighted by atomic mass is 19.1. The van der Waals surface area contributed by atoms with Crippen LogP contribution in [-0.2, 0) is 4.79 Å². The summed E-state index contributed by atoms with van der Waals surface area (Å²) < 4.78 is 12.7. The van der Waals surface area contributed by atoms with E-state index >= 15 is 0 Å². The van der Waals surface area contributed by atoms with Crippen molar-refractivity contribution < 1.29 is 14.3 Å². The van der Waals surface area contributed by atoms with Gasteiger partial charge < -0.3 is 5.11 Å². The lowest BCUT2D eigenvalue weighted by molar-refractivity contribution is -0.138. The molecular weight excluding hydrogens is 173 g/mol. The fraction of sp³-hybridized carbons (Fsp3) is 0.333. The Morgan fingerprint density at radius 1 is 1.62 bits per heavy atom. The summed E-state index contributed by atoms with van der Waals surface area (Å²) in [5.74, 6) is -1.60. The largest absolute Gasteiger partial charge is 0.481 e. The molecule has 68 valence electrons. The molecule has 1 heterocycles. The van der Waals surface area contributed by atoms with Crippen LogP contribution in [-0.4, -0.2) is 16.1 Å². The second-order valence-electron chi connectivity index (χ2n) is 3.22. The van der Waals surface area contributed by atoms with E-state index in [2.05, 4.69) is 4.98 Å². The van der Waals surface area contributed by atoms with E-state index in [0.29, 0.717) is 12.0 Å². The molecular formula is C9H8FNO2. The molecule has 1 aromatic heterocycles. The van der Waals surface area contributed by atoms with Crippen LogP contribution in [0.4, 0.5) is 4.39 Å².